The molecule has 0 aliphatic heterocycles. The van der Waals surface area contributed by atoms with Crippen molar-refractivity contribution in [3.63, 3.8) is 0 Å². The van der Waals surface area contributed by atoms with Crippen molar-refractivity contribution >= 4 is 23.4 Å². The smallest absolute Gasteiger partial charge is 0.242 e. The fourth-order valence-electron chi connectivity index (χ4n) is 3.37. The average molecular weight is 447 g/mol. The molecule has 0 bridgehead atoms. The van der Waals surface area contributed by atoms with Gasteiger partial charge in [-0.25, -0.2) is 4.39 Å². The number of aromatic nitrogens is 3. The Bertz CT molecular complexity index is 1260. The molecular formula is C25H23FN4OS. The van der Waals surface area contributed by atoms with Crippen LogP contribution in [-0.2, 0) is 11.8 Å². The van der Waals surface area contributed by atoms with E-state index in [1.165, 1.54) is 17.8 Å². The van der Waals surface area contributed by atoms with E-state index in [9.17, 15) is 9.18 Å². The van der Waals surface area contributed by atoms with E-state index in [4.69, 9.17) is 0 Å². The van der Waals surface area contributed by atoms with Gasteiger partial charge in [0.15, 0.2) is 11.0 Å². The molecule has 32 heavy (non-hydrogen) atoms. The molecule has 162 valence electrons. The highest BCUT2D eigenvalue weighted by atomic mass is 32.2. The number of anilines is 1. The number of benzene rings is 3. The third-order valence-corrected chi connectivity index (χ3v) is 6.45. The number of thioether (sulfide) groups is 1. The van der Waals surface area contributed by atoms with E-state index in [-0.39, 0.29) is 11.7 Å². The zero-order valence-corrected chi connectivity index (χ0v) is 18.9. The lowest BCUT2D eigenvalue weighted by atomic mass is 10.1. The summed E-state index contributed by atoms with van der Waals surface area (Å²) in [7, 11) is 1.77. The van der Waals surface area contributed by atoms with Gasteiger partial charge in [-0.3, -0.25) is 4.79 Å². The first-order chi connectivity index (χ1) is 15.4. The molecule has 1 atom stereocenters. The van der Waals surface area contributed by atoms with Gasteiger partial charge in [0.25, 0.3) is 0 Å². The van der Waals surface area contributed by atoms with Crippen molar-refractivity contribution in [1.29, 1.82) is 0 Å². The van der Waals surface area contributed by atoms with Gasteiger partial charge in [-0.1, -0.05) is 66.4 Å². The van der Waals surface area contributed by atoms with Crippen molar-refractivity contribution in [1.82, 2.24) is 14.8 Å². The summed E-state index contributed by atoms with van der Waals surface area (Å²) >= 11 is 1.28. The predicted molar refractivity (Wildman–Crippen MR) is 126 cm³/mol. The summed E-state index contributed by atoms with van der Waals surface area (Å²) in [5, 5.41) is 11.5. The van der Waals surface area contributed by atoms with Crippen molar-refractivity contribution in [3.05, 3.63) is 95.3 Å². The zero-order chi connectivity index (χ0) is 22.7. The lowest BCUT2D eigenvalue weighted by Crippen LogP contribution is -2.20. The van der Waals surface area contributed by atoms with Gasteiger partial charge >= 0.3 is 0 Å². The van der Waals surface area contributed by atoms with Crippen molar-refractivity contribution in [2.75, 3.05) is 5.32 Å². The van der Waals surface area contributed by atoms with Crippen LogP contribution in [0.2, 0.25) is 0 Å². The number of rotatable bonds is 6. The Kier molecular flexibility index (Phi) is 6.37. The predicted octanol–water partition coefficient (Wildman–Crippen LogP) is 5.71. The van der Waals surface area contributed by atoms with Gasteiger partial charge in [-0.15, -0.1) is 10.2 Å². The first-order valence-corrected chi connectivity index (χ1v) is 11.1. The molecule has 1 unspecified atom stereocenters. The fraction of sp³-hybridized carbons (Fsp3) is 0.160. The van der Waals surface area contributed by atoms with Gasteiger partial charge in [0, 0.05) is 12.7 Å². The molecule has 4 aromatic rings. The molecule has 0 spiro atoms. The minimum absolute atomic E-state index is 0.162. The maximum atomic E-state index is 14.3. The van der Waals surface area contributed by atoms with Gasteiger partial charge in [0.1, 0.15) is 11.1 Å². The quantitative estimate of drug-likeness (QED) is 0.386. The van der Waals surface area contributed by atoms with Crippen LogP contribution in [0.5, 0.6) is 0 Å². The highest BCUT2D eigenvalue weighted by molar-refractivity contribution is 8.00. The Morgan fingerprint density at radius 3 is 2.47 bits per heavy atom. The Morgan fingerprint density at radius 2 is 1.72 bits per heavy atom. The topological polar surface area (TPSA) is 59.8 Å². The zero-order valence-electron chi connectivity index (χ0n) is 18.0. The normalized spacial score (nSPS) is 11.9. The number of aryl methyl sites for hydroxylation is 2. The molecule has 1 N–H and O–H groups in total. The van der Waals surface area contributed by atoms with Gasteiger partial charge in [-0.05, 0) is 48.7 Å². The Balaban J connectivity index is 1.66. The van der Waals surface area contributed by atoms with E-state index >= 15 is 0 Å². The minimum atomic E-state index is -0.563. The van der Waals surface area contributed by atoms with Crippen molar-refractivity contribution < 1.29 is 9.18 Å². The summed E-state index contributed by atoms with van der Waals surface area (Å²) in [5.41, 5.74) is 4.04. The molecule has 0 saturated heterocycles. The molecule has 0 radical (unpaired) electrons. The molecule has 0 fully saturated rings. The van der Waals surface area contributed by atoms with Crippen LogP contribution in [0.15, 0.2) is 78.0 Å². The molecule has 1 amide bonds. The highest BCUT2D eigenvalue weighted by Crippen LogP contribution is 2.37. The Labute approximate surface area is 190 Å². The summed E-state index contributed by atoms with van der Waals surface area (Å²) in [6.07, 6.45) is 0. The van der Waals surface area contributed by atoms with Crippen LogP contribution in [0.1, 0.15) is 21.9 Å². The van der Waals surface area contributed by atoms with Gasteiger partial charge < -0.3 is 9.88 Å². The van der Waals surface area contributed by atoms with E-state index in [0.717, 1.165) is 22.4 Å². The number of hydrogen-bond acceptors (Lipinski definition) is 4. The van der Waals surface area contributed by atoms with Gasteiger partial charge in [0.05, 0.1) is 5.56 Å². The average Bonchev–Trinajstić information content (AvgIpc) is 3.15. The van der Waals surface area contributed by atoms with Crippen LogP contribution in [0.3, 0.4) is 0 Å². The number of nitrogens with zero attached hydrogens (tertiary/aromatic N) is 3. The SMILES string of the molecule is Cc1ccc(C)c(NC(=O)C(Sc2nnc(-c3ccccc3F)n2C)c2ccccc2)c1. The van der Waals surface area contributed by atoms with Gasteiger partial charge in [0.2, 0.25) is 5.91 Å². The molecule has 1 aromatic heterocycles. The first kappa shape index (κ1) is 21.8. The second-order valence-corrected chi connectivity index (χ2v) is 8.63. The number of amides is 1. The second-order valence-electron chi connectivity index (χ2n) is 7.56. The van der Waals surface area contributed by atoms with E-state index < -0.39 is 5.25 Å². The summed E-state index contributed by atoms with van der Waals surface area (Å²) in [4.78, 5) is 13.4. The summed E-state index contributed by atoms with van der Waals surface area (Å²) in [6, 6.07) is 21.9. The third-order valence-electron chi connectivity index (χ3n) is 5.16. The van der Waals surface area contributed by atoms with E-state index in [0.29, 0.717) is 16.5 Å². The largest absolute Gasteiger partial charge is 0.325 e. The second kappa shape index (κ2) is 9.36. The monoisotopic (exact) mass is 446 g/mol. The molecule has 1 heterocycles. The molecular weight excluding hydrogens is 423 g/mol. The molecule has 0 saturated carbocycles. The van der Waals surface area contributed by atoms with Crippen molar-refractivity contribution in [2.24, 2.45) is 7.05 Å². The van der Waals surface area contributed by atoms with Crippen LogP contribution >= 0.6 is 11.8 Å². The summed E-state index contributed by atoms with van der Waals surface area (Å²) in [6.45, 7) is 3.95. The highest BCUT2D eigenvalue weighted by Gasteiger charge is 2.26. The fourth-order valence-corrected chi connectivity index (χ4v) is 4.37. The molecule has 4 rings (SSSR count). The maximum Gasteiger partial charge on any atom is 0.242 e. The van der Waals surface area contributed by atoms with Crippen LogP contribution in [0.25, 0.3) is 11.4 Å². The van der Waals surface area contributed by atoms with Crippen molar-refractivity contribution in [2.45, 2.75) is 24.3 Å². The van der Waals surface area contributed by atoms with Crippen LogP contribution in [-0.4, -0.2) is 20.7 Å². The van der Waals surface area contributed by atoms with Gasteiger partial charge in [-0.2, -0.15) is 0 Å². The summed E-state index contributed by atoms with van der Waals surface area (Å²) in [5.74, 6) is -0.121. The van der Waals surface area contributed by atoms with Crippen LogP contribution < -0.4 is 5.32 Å². The molecule has 3 aromatic carbocycles. The first-order valence-electron chi connectivity index (χ1n) is 10.2. The van der Waals surface area contributed by atoms with Crippen LogP contribution in [0, 0.1) is 19.7 Å². The van der Waals surface area contributed by atoms with Crippen LogP contribution in [0.4, 0.5) is 10.1 Å². The molecule has 0 aliphatic rings. The summed E-state index contributed by atoms with van der Waals surface area (Å²) < 4.78 is 16.0. The Hall–Kier alpha value is -3.45. The lowest BCUT2D eigenvalue weighted by molar-refractivity contribution is -0.115. The standard InChI is InChI=1S/C25H23FN4OS/c1-16-13-14-17(2)21(15-16)27-24(31)22(18-9-5-4-6-10-18)32-25-29-28-23(30(25)3)19-11-7-8-12-20(19)26/h4-15,22H,1-3H3,(H,27,31). The molecule has 7 heteroatoms. The number of hydrogen-bond donors (Lipinski definition) is 1. The van der Waals surface area contributed by atoms with E-state index in [2.05, 4.69) is 15.5 Å². The number of halogens is 1. The maximum absolute atomic E-state index is 14.3. The number of carbonyl (C=O) groups is 1. The molecule has 5 nitrogen and oxygen atoms in total. The third kappa shape index (κ3) is 4.57. The van der Waals surface area contributed by atoms with E-state index in [1.807, 2.05) is 62.4 Å². The van der Waals surface area contributed by atoms with Crippen molar-refractivity contribution in [3.8, 4) is 11.4 Å². The minimum Gasteiger partial charge on any atom is -0.325 e. The van der Waals surface area contributed by atoms with E-state index in [1.54, 1.807) is 29.8 Å². The number of carbonyl (C=O) groups excluding carboxylic acids is 1. The Morgan fingerprint density at radius 1 is 1.00 bits per heavy atom. The number of nitrogens with one attached hydrogen (secondary N) is 1. The molecule has 0 aliphatic carbocycles. The lowest BCUT2D eigenvalue weighted by Gasteiger charge is -2.18.